The van der Waals surface area contributed by atoms with Gasteiger partial charge < -0.3 is 9.64 Å². The van der Waals surface area contributed by atoms with Gasteiger partial charge in [-0.1, -0.05) is 12.1 Å². The van der Waals surface area contributed by atoms with Crippen LogP contribution in [0.15, 0.2) is 48.8 Å². The van der Waals surface area contributed by atoms with E-state index in [1.54, 1.807) is 44.6 Å². The van der Waals surface area contributed by atoms with E-state index in [1.165, 1.54) is 23.1 Å². The highest BCUT2D eigenvalue weighted by Crippen LogP contribution is 2.36. The molecule has 0 radical (unpaired) electrons. The quantitative estimate of drug-likeness (QED) is 0.419. The Morgan fingerprint density at radius 2 is 2.00 bits per heavy atom. The molecule has 1 N–H and O–H groups in total. The molecule has 0 saturated heterocycles. The first-order chi connectivity index (χ1) is 15.9. The van der Waals surface area contributed by atoms with Crippen LogP contribution in [0.4, 0.5) is 8.78 Å². The number of hydrogen-bond acceptors (Lipinski definition) is 4. The molecule has 2 aromatic heterocycles. The fourth-order valence-corrected chi connectivity index (χ4v) is 3.92. The Bertz CT molecular complexity index is 1320. The maximum atomic E-state index is 14.1. The Morgan fingerprint density at radius 3 is 2.73 bits per heavy atom. The molecule has 2 heterocycles. The number of H-pyrrole nitrogens is 1. The van der Waals surface area contributed by atoms with Gasteiger partial charge in [-0.3, -0.25) is 14.9 Å². The number of amides is 1. The van der Waals surface area contributed by atoms with Crippen LogP contribution in [-0.4, -0.2) is 39.6 Å². The number of nitrogens with zero attached hydrogens (tertiary/aromatic N) is 3. The van der Waals surface area contributed by atoms with Gasteiger partial charge in [0.2, 0.25) is 0 Å². The monoisotopic (exact) mass is 450 g/mol. The number of carbonyl (C=O) groups is 1. The van der Waals surface area contributed by atoms with Gasteiger partial charge in [-0.2, -0.15) is 5.10 Å². The number of hydrogen-bond donors (Lipinski definition) is 1. The van der Waals surface area contributed by atoms with Crippen LogP contribution in [-0.2, 0) is 13.2 Å². The van der Waals surface area contributed by atoms with Crippen molar-refractivity contribution >= 4 is 16.8 Å². The second-order valence-electron chi connectivity index (χ2n) is 7.77. The van der Waals surface area contributed by atoms with Gasteiger partial charge in [0.05, 0.1) is 18.3 Å². The van der Waals surface area contributed by atoms with Crippen molar-refractivity contribution in [3.63, 3.8) is 0 Å². The molecule has 1 amide bonds. The Morgan fingerprint density at radius 1 is 1.18 bits per heavy atom. The summed E-state index contributed by atoms with van der Waals surface area (Å²) in [5.74, 6) is -0.399. The smallest absolute Gasteiger partial charge is 0.254 e. The molecule has 8 heteroatoms. The fourth-order valence-electron chi connectivity index (χ4n) is 3.92. The van der Waals surface area contributed by atoms with Gasteiger partial charge >= 0.3 is 0 Å². The molecule has 0 unspecified atom stereocenters. The van der Waals surface area contributed by atoms with Gasteiger partial charge in [-0.15, -0.1) is 0 Å². The highest BCUT2D eigenvalue weighted by atomic mass is 19.1. The normalized spacial score (nSPS) is 11.1. The van der Waals surface area contributed by atoms with Crippen LogP contribution in [0, 0.1) is 12.7 Å². The van der Waals surface area contributed by atoms with Gasteiger partial charge in [0, 0.05) is 47.6 Å². The van der Waals surface area contributed by atoms with E-state index in [-0.39, 0.29) is 23.6 Å². The Hall–Kier alpha value is -3.81. The Balaban J connectivity index is 1.70. The number of aryl methyl sites for hydroxylation is 1. The molecular weight excluding hydrogens is 426 g/mol. The SMILES string of the molecule is CCOc1cc(C(=O)N(C)Cc2cnc(C)c3cn[nH]c23)cc(CF)c1-c1cccc(F)c1. The zero-order valence-electron chi connectivity index (χ0n) is 18.7. The lowest BCUT2D eigenvalue weighted by molar-refractivity contribution is 0.0785. The molecule has 6 nitrogen and oxygen atoms in total. The van der Waals surface area contributed by atoms with Gasteiger partial charge in [0.1, 0.15) is 18.2 Å². The number of halogens is 2. The summed E-state index contributed by atoms with van der Waals surface area (Å²) in [6.07, 6.45) is 3.42. The topological polar surface area (TPSA) is 71.1 Å². The number of aromatic nitrogens is 3. The molecule has 4 rings (SSSR count). The number of pyridine rings is 1. The summed E-state index contributed by atoms with van der Waals surface area (Å²) in [5, 5.41) is 7.93. The van der Waals surface area contributed by atoms with Crippen LogP contribution in [0.2, 0.25) is 0 Å². The van der Waals surface area contributed by atoms with E-state index in [9.17, 15) is 13.6 Å². The molecule has 0 spiro atoms. The van der Waals surface area contributed by atoms with E-state index in [4.69, 9.17) is 4.74 Å². The number of carbonyl (C=O) groups excluding carboxylic acids is 1. The number of fused-ring (bicyclic) bond motifs is 1. The molecular formula is C25H24F2N4O2. The average molecular weight is 450 g/mol. The van der Waals surface area contributed by atoms with E-state index in [0.717, 1.165) is 22.2 Å². The van der Waals surface area contributed by atoms with Crippen LogP contribution in [0.1, 0.15) is 34.1 Å². The predicted molar refractivity (Wildman–Crippen MR) is 122 cm³/mol. The molecule has 0 aliphatic heterocycles. The summed E-state index contributed by atoms with van der Waals surface area (Å²) in [4.78, 5) is 19.2. The Labute approximate surface area is 190 Å². The first-order valence-electron chi connectivity index (χ1n) is 10.6. The molecule has 0 fully saturated rings. The zero-order valence-corrected chi connectivity index (χ0v) is 18.7. The third-order valence-electron chi connectivity index (χ3n) is 5.51. The van der Waals surface area contributed by atoms with Crippen LogP contribution < -0.4 is 4.74 Å². The molecule has 4 aromatic rings. The third-order valence-corrected chi connectivity index (χ3v) is 5.51. The summed E-state index contributed by atoms with van der Waals surface area (Å²) in [5.41, 5.74) is 3.97. The second kappa shape index (κ2) is 9.36. The van der Waals surface area contributed by atoms with Crippen molar-refractivity contribution in [3.8, 4) is 16.9 Å². The Kier molecular flexibility index (Phi) is 6.35. The number of benzene rings is 2. The molecule has 0 atom stereocenters. The molecule has 170 valence electrons. The van der Waals surface area contributed by atoms with Crippen LogP contribution in [0.25, 0.3) is 22.0 Å². The summed E-state index contributed by atoms with van der Waals surface area (Å²) >= 11 is 0. The zero-order chi connectivity index (χ0) is 23.5. The van der Waals surface area contributed by atoms with Gasteiger partial charge in [0.25, 0.3) is 5.91 Å². The van der Waals surface area contributed by atoms with Gasteiger partial charge in [-0.25, -0.2) is 8.78 Å². The third kappa shape index (κ3) is 4.41. The van der Waals surface area contributed by atoms with Crippen molar-refractivity contribution in [1.29, 1.82) is 0 Å². The number of rotatable bonds is 7. The van der Waals surface area contributed by atoms with E-state index >= 15 is 0 Å². The highest BCUT2D eigenvalue weighted by molar-refractivity contribution is 5.96. The minimum absolute atomic E-state index is 0.260. The molecule has 33 heavy (non-hydrogen) atoms. The lowest BCUT2D eigenvalue weighted by Gasteiger charge is -2.20. The van der Waals surface area contributed by atoms with Crippen molar-refractivity contribution in [2.45, 2.75) is 27.1 Å². The summed E-state index contributed by atoms with van der Waals surface area (Å²) < 4.78 is 33.6. The lowest BCUT2D eigenvalue weighted by Crippen LogP contribution is -2.26. The van der Waals surface area contributed by atoms with Crippen molar-refractivity contribution in [3.05, 3.63) is 77.0 Å². The molecule has 0 aliphatic carbocycles. The first-order valence-corrected chi connectivity index (χ1v) is 10.6. The fraction of sp³-hybridized carbons (Fsp3) is 0.240. The number of nitrogens with one attached hydrogen (secondary N) is 1. The summed E-state index contributed by atoms with van der Waals surface area (Å²) in [7, 11) is 1.67. The predicted octanol–water partition coefficient (Wildman–Crippen LogP) is 5.21. The molecule has 2 aromatic carbocycles. The van der Waals surface area contributed by atoms with Crippen molar-refractivity contribution < 1.29 is 18.3 Å². The number of alkyl halides is 1. The number of ether oxygens (including phenoxy) is 1. The lowest BCUT2D eigenvalue weighted by atomic mass is 9.96. The minimum Gasteiger partial charge on any atom is -0.493 e. The van der Waals surface area contributed by atoms with Crippen molar-refractivity contribution in [2.75, 3.05) is 13.7 Å². The van der Waals surface area contributed by atoms with E-state index in [0.29, 0.717) is 23.5 Å². The maximum absolute atomic E-state index is 14.1. The van der Waals surface area contributed by atoms with Crippen LogP contribution >= 0.6 is 0 Å². The maximum Gasteiger partial charge on any atom is 0.254 e. The van der Waals surface area contributed by atoms with Crippen molar-refractivity contribution in [1.82, 2.24) is 20.1 Å². The number of aromatic amines is 1. The minimum atomic E-state index is -0.826. The second-order valence-corrected chi connectivity index (χ2v) is 7.77. The van der Waals surface area contributed by atoms with Crippen LogP contribution in [0.3, 0.4) is 0 Å². The summed E-state index contributed by atoms with van der Waals surface area (Å²) in [6.45, 7) is 3.46. The van der Waals surface area contributed by atoms with E-state index in [2.05, 4.69) is 15.2 Å². The first kappa shape index (κ1) is 22.4. The standard InChI is InChI=1S/C25H24F2N4O2/c1-4-33-22-10-17(8-18(11-26)23(22)16-6-5-7-20(27)9-16)25(32)31(3)14-19-12-28-15(2)21-13-29-30-24(19)21/h5-10,12-13H,4,11,14H2,1-3H3,(H,29,30). The molecule has 0 aliphatic rings. The molecule has 0 bridgehead atoms. The molecule has 0 saturated carbocycles. The van der Waals surface area contributed by atoms with Crippen molar-refractivity contribution in [2.24, 2.45) is 0 Å². The average Bonchev–Trinajstić information content (AvgIpc) is 3.31. The largest absolute Gasteiger partial charge is 0.493 e. The van der Waals surface area contributed by atoms with Gasteiger partial charge in [0.15, 0.2) is 0 Å². The van der Waals surface area contributed by atoms with Crippen LogP contribution in [0.5, 0.6) is 5.75 Å². The van der Waals surface area contributed by atoms with E-state index in [1.807, 2.05) is 6.92 Å². The highest BCUT2D eigenvalue weighted by Gasteiger charge is 2.21. The van der Waals surface area contributed by atoms with Gasteiger partial charge in [-0.05, 0) is 49.2 Å². The summed E-state index contributed by atoms with van der Waals surface area (Å²) in [6, 6.07) is 8.98. The van der Waals surface area contributed by atoms with E-state index < -0.39 is 12.5 Å².